The van der Waals surface area contributed by atoms with Crippen LogP contribution in [0.3, 0.4) is 0 Å². The Balaban J connectivity index is 2.08. The maximum atomic E-state index is 9.83. The van der Waals surface area contributed by atoms with Crippen LogP contribution in [0.2, 0.25) is 5.02 Å². The van der Waals surface area contributed by atoms with Gasteiger partial charge < -0.3 is 5.11 Å². The molecule has 1 aliphatic heterocycles. The molecule has 0 radical (unpaired) electrons. The average molecular weight is 250 g/mol. The van der Waals surface area contributed by atoms with Gasteiger partial charge in [-0.2, -0.15) is 5.10 Å². The second-order valence-corrected chi connectivity index (χ2v) is 4.56. The molecule has 1 atom stereocenters. The van der Waals surface area contributed by atoms with Crippen LogP contribution in [0.5, 0.6) is 0 Å². The summed E-state index contributed by atoms with van der Waals surface area (Å²) in [6.07, 6.45) is 1.17. The number of hydrogen-bond acceptors (Lipinski definition) is 3. The standard InChI is InChI=1S/C12H12ClN3O/c13-9-5-2-1-4-8(9)11-14-12-10(17)6-3-7-16(12)15-11/h1-2,4-5,10,17H,3,6-7H2. The third kappa shape index (κ3) is 1.83. The Kier molecular flexibility index (Phi) is 2.61. The number of nitrogens with zero attached hydrogens (tertiary/aromatic N) is 3. The summed E-state index contributed by atoms with van der Waals surface area (Å²) in [5, 5.41) is 14.9. The molecule has 17 heavy (non-hydrogen) atoms. The van der Waals surface area contributed by atoms with Gasteiger partial charge in [-0.15, -0.1) is 0 Å². The highest BCUT2D eigenvalue weighted by molar-refractivity contribution is 6.33. The molecule has 0 saturated carbocycles. The third-order valence-corrected chi connectivity index (χ3v) is 3.29. The lowest BCUT2D eigenvalue weighted by atomic mass is 10.1. The van der Waals surface area contributed by atoms with E-state index in [1.165, 1.54) is 0 Å². The Hall–Kier alpha value is -1.39. The molecule has 88 valence electrons. The van der Waals surface area contributed by atoms with E-state index in [4.69, 9.17) is 11.6 Å². The van der Waals surface area contributed by atoms with Gasteiger partial charge in [-0.05, 0) is 25.0 Å². The second-order valence-electron chi connectivity index (χ2n) is 4.15. The van der Waals surface area contributed by atoms with Gasteiger partial charge in [-0.25, -0.2) is 9.67 Å². The number of fused-ring (bicyclic) bond motifs is 1. The third-order valence-electron chi connectivity index (χ3n) is 2.96. The molecule has 0 fully saturated rings. The van der Waals surface area contributed by atoms with E-state index in [1.54, 1.807) is 4.68 Å². The van der Waals surface area contributed by atoms with E-state index < -0.39 is 6.10 Å². The zero-order valence-electron chi connectivity index (χ0n) is 9.17. The molecule has 2 heterocycles. The van der Waals surface area contributed by atoms with Gasteiger partial charge in [0.05, 0.1) is 5.02 Å². The SMILES string of the molecule is OC1CCCn2nc(-c3ccccc3Cl)nc21. The average Bonchev–Trinajstić information content (AvgIpc) is 2.75. The van der Waals surface area contributed by atoms with Crippen molar-refractivity contribution in [2.75, 3.05) is 0 Å². The summed E-state index contributed by atoms with van der Waals surface area (Å²) in [4.78, 5) is 4.38. The summed E-state index contributed by atoms with van der Waals surface area (Å²) in [5.74, 6) is 1.23. The molecule has 1 unspecified atom stereocenters. The predicted octanol–water partition coefficient (Wildman–Crippen LogP) is 2.43. The van der Waals surface area contributed by atoms with E-state index in [2.05, 4.69) is 10.1 Å². The van der Waals surface area contributed by atoms with Crippen molar-refractivity contribution in [3.8, 4) is 11.4 Å². The van der Waals surface area contributed by atoms with Crippen molar-refractivity contribution in [3.63, 3.8) is 0 Å². The molecule has 1 aliphatic rings. The van der Waals surface area contributed by atoms with Crippen LogP contribution >= 0.6 is 11.6 Å². The highest BCUT2D eigenvalue weighted by Crippen LogP contribution is 2.29. The monoisotopic (exact) mass is 249 g/mol. The Morgan fingerprint density at radius 1 is 1.35 bits per heavy atom. The van der Waals surface area contributed by atoms with Crippen LogP contribution in [0.4, 0.5) is 0 Å². The van der Waals surface area contributed by atoms with Crippen LogP contribution in [-0.2, 0) is 6.54 Å². The smallest absolute Gasteiger partial charge is 0.183 e. The lowest BCUT2D eigenvalue weighted by Crippen LogP contribution is -2.16. The fraction of sp³-hybridized carbons (Fsp3) is 0.333. The largest absolute Gasteiger partial charge is 0.385 e. The van der Waals surface area contributed by atoms with Crippen LogP contribution in [0.1, 0.15) is 24.8 Å². The van der Waals surface area contributed by atoms with Crippen LogP contribution < -0.4 is 0 Å². The normalized spacial score (nSPS) is 19.1. The molecule has 4 nitrogen and oxygen atoms in total. The molecule has 3 rings (SSSR count). The van der Waals surface area contributed by atoms with Gasteiger partial charge in [-0.3, -0.25) is 0 Å². The van der Waals surface area contributed by atoms with Crippen LogP contribution in [0, 0.1) is 0 Å². The maximum absolute atomic E-state index is 9.83. The molecule has 1 N–H and O–H groups in total. The van der Waals surface area contributed by atoms with Gasteiger partial charge in [0.15, 0.2) is 11.6 Å². The van der Waals surface area contributed by atoms with E-state index in [1.807, 2.05) is 24.3 Å². The lowest BCUT2D eigenvalue weighted by molar-refractivity contribution is 0.130. The molecule has 1 aromatic heterocycles. The summed E-state index contributed by atoms with van der Waals surface area (Å²) >= 11 is 6.11. The second kappa shape index (κ2) is 4.13. The van der Waals surface area contributed by atoms with Crippen molar-refractivity contribution in [1.82, 2.24) is 14.8 Å². The first kappa shape index (κ1) is 10.7. The van der Waals surface area contributed by atoms with Crippen LogP contribution in [0.25, 0.3) is 11.4 Å². The van der Waals surface area contributed by atoms with Crippen LogP contribution in [0.15, 0.2) is 24.3 Å². The Morgan fingerprint density at radius 2 is 2.18 bits per heavy atom. The van der Waals surface area contributed by atoms with E-state index >= 15 is 0 Å². The topological polar surface area (TPSA) is 50.9 Å². The maximum Gasteiger partial charge on any atom is 0.183 e. The summed E-state index contributed by atoms with van der Waals surface area (Å²) in [5.41, 5.74) is 0.809. The Labute approximate surface area is 104 Å². The fourth-order valence-electron chi connectivity index (χ4n) is 2.09. The lowest BCUT2D eigenvalue weighted by Gasteiger charge is -2.16. The van der Waals surface area contributed by atoms with E-state index in [0.717, 1.165) is 24.9 Å². The molecule has 2 aromatic rings. The number of hydrogen-bond donors (Lipinski definition) is 1. The quantitative estimate of drug-likeness (QED) is 0.845. The molecule has 0 spiro atoms. The van der Waals surface area contributed by atoms with Gasteiger partial charge in [0.1, 0.15) is 6.10 Å². The molecule has 0 aliphatic carbocycles. The van der Waals surface area contributed by atoms with Crippen molar-refractivity contribution in [3.05, 3.63) is 35.1 Å². The van der Waals surface area contributed by atoms with Gasteiger partial charge in [0, 0.05) is 12.1 Å². The number of aryl methyl sites for hydroxylation is 1. The zero-order chi connectivity index (χ0) is 11.8. The number of aromatic nitrogens is 3. The van der Waals surface area contributed by atoms with Crippen molar-refractivity contribution in [1.29, 1.82) is 0 Å². The van der Waals surface area contributed by atoms with E-state index in [-0.39, 0.29) is 0 Å². The van der Waals surface area contributed by atoms with Crippen molar-refractivity contribution in [2.45, 2.75) is 25.5 Å². The van der Waals surface area contributed by atoms with Crippen molar-refractivity contribution < 1.29 is 5.11 Å². The van der Waals surface area contributed by atoms with Crippen molar-refractivity contribution in [2.24, 2.45) is 0 Å². The summed E-state index contributed by atoms with van der Waals surface area (Å²) < 4.78 is 1.77. The molecule has 1 aromatic carbocycles. The van der Waals surface area contributed by atoms with E-state index in [0.29, 0.717) is 16.7 Å². The first-order valence-corrected chi connectivity index (χ1v) is 6.01. The highest BCUT2D eigenvalue weighted by atomic mass is 35.5. The van der Waals surface area contributed by atoms with Gasteiger partial charge in [-0.1, -0.05) is 23.7 Å². The number of halogens is 1. The van der Waals surface area contributed by atoms with Gasteiger partial charge >= 0.3 is 0 Å². The molecule has 0 bridgehead atoms. The minimum absolute atomic E-state index is 0.507. The summed E-state index contributed by atoms with van der Waals surface area (Å²) in [6.45, 7) is 0.809. The van der Waals surface area contributed by atoms with Gasteiger partial charge in [0.2, 0.25) is 0 Å². The highest BCUT2D eigenvalue weighted by Gasteiger charge is 2.23. The number of benzene rings is 1. The molecular formula is C12H12ClN3O. The summed E-state index contributed by atoms with van der Waals surface area (Å²) in [6, 6.07) is 7.47. The van der Waals surface area contributed by atoms with Gasteiger partial charge in [0.25, 0.3) is 0 Å². The first-order chi connectivity index (χ1) is 8.25. The minimum atomic E-state index is -0.507. The number of aliphatic hydroxyl groups excluding tert-OH is 1. The molecule has 0 amide bonds. The Bertz CT molecular complexity index is 552. The fourth-order valence-corrected chi connectivity index (χ4v) is 2.31. The zero-order valence-corrected chi connectivity index (χ0v) is 9.93. The number of aliphatic hydroxyl groups is 1. The van der Waals surface area contributed by atoms with Crippen LogP contribution in [-0.4, -0.2) is 19.9 Å². The minimum Gasteiger partial charge on any atom is -0.385 e. The Morgan fingerprint density at radius 3 is 2.94 bits per heavy atom. The first-order valence-electron chi connectivity index (χ1n) is 5.63. The molecule has 0 saturated heterocycles. The van der Waals surface area contributed by atoms with Crippen molar-refractivity contribution >= 4 is 11.6 Å². The van der Waals surface area contributed by atoms with E-state index in [9.17, 15) is 5.11 Å². The number of rotatable bonds is 1. The summed E-state index contributed by atoms with van der Waals surface area (Å²) in [7, 11) is 0. The molecular weight excluding hydrogens is 238 g/mol. The predicted molar refractivity (Wildman–Crippen MR) is 64.7 cm³/mol. The molecule has 5 heteroatoms.